The maximum Gasteiger partial charge on any atom is 0.302 e. The minimum atomic E-state index is -0.504. The zero-order valence-corrected chi connectivity index (χ0v) is 15.4. The van der Waals surface area contributed by atoms with Gasteiger partial charge in [-0.2, -0.15) is 0 Å². The molecule has 138 valence electrons. The first kappa shape index (κ1) is 21.0. The summed E-state index contributed by atoms with van der Waals surface area (Å²) >= 11 is 0. The molecule has 0 aliphatic rings. The van der Waals surface area contributed by atoms with E-state index in [1.54, 1.807) is 37.3 Å². The van der Waals surface area contributed by atoms with Gasteiger partial charge in [-0.1, -0.05) is 51.1 Å². The second-order valence-electron chi connectivity index (χ2n) is 5.43. The zero-order valence-electron chi connectivity index (χ0n) is 15.4. The molecular weight excluding hydrogens is 334 g/mol. The molecule has 0 aliphatic carbocycles. The number of nitrogens with zero attached hydrogens (tertiary/aromatic N) is 1. The summed E-state index contributed by atoms with van der Waals surface area (Å²) in [6, 6.07) is 12.9. The largest absolute Gasteiger partial charge is 0.465 e. The van der Waals surface area contributed by atoms with Crippen molar-refractivity contribution >= 4 is 17.4 Å². The summed E-state index contributed by atoms with van der Waals surface area (Å²) in [5.74, 6) is -1.08. The van der Waals surface area contributed by atoms with Crippen LogP contribution in [0.1, 0.15) is 55.1 Å². The molecule has 1 atom stereocenters. The van der Waals surface area contributed by atoms with Gasteiger partial charge in [0, 0.05) is 35.6 Å². The molecule has 0 radical (unpaired) electrons. The number of carbonyl (C=O) groups excluding carboxylic acids is 2. The molecule has 0 amide bonds. The molecule has 6 nitrogen and oxygen atoms in total. The SMILES string of the molecule is CC.CC(=O)OCC(C)c1cc(C(=O)c2ccccc2)ccc1[N+](=O)[O-]. The summed E-state index contributed by atoms with van der Waals surface area (Å²) < 4.78 is 4.93. The average molecular weight is 357 g/mol. The van der Waals surface area contributed by atoms with Gasteiger partial charge in [-0.25, -0.2) is 0 Å². The standard InChI is InChI=1S/C18H17NO5.C2H6/c1-12(11-24-13(2)20)16-10-15(8-9-17(16)19(22)23)18(21)14-6-4-3-5-7-14;1-2/h3-10,12H,11H2,1-2H3;1-2H3. The van der Waals surface area contributed by atoms with Crippen LogP contribution in [0.3, 0.4) is 0 Å². The molecule has 6 heteroatoms. The lowest BCUT2D eigenvalue weighted by Crippen LogP contribution is -2.11. The first-order valence-corrected chi connectivity index (χ1v) is 8.41. The Balaban J connectivity index is 0.00000163. The van der Waals surface area contributed by atoms with E-state index in [1.807, 2.05) is 13.8 Å². The molecule has 0 saturated heterocycles. The lowest BCUT2D eigenvalue weighted by atomic mass is 9.94. The summed E-state index contributed by atoms with van der Waals surface area (Å²) in [7, 11) is 0. The highest BCUT2D eigenvalue weighted by Gasteiger charge is 2.22. The first-order chi connectivity index (χ1) is 12.4. The molecule has 0 heterocycles. The van der Waals surface area contributed by atoms with E-state index in [4.69, 9.17) is 4.74 Å². The van der Waals surface area contributed by atoms with Crippen LogP contribution in [-0.4, -0.2) is 23.3 Å². The van der Waals surface area contributed by atoms with Crippen molar-refractivity contribution in [1.82, 2.24) is 0 Å². The van der Waals surface area contributed by atoms with Gasteiger partial charge >= 0.3 is 5.97 Å². The molecular formula is C20H23NO5. The molecule has 0 saturated carbocycles. The number of esters is 1. The third-order valence-electron chi connectivity index (χ3n) is 3.59. The van der Waals surface area contributed by atoms with Gasteiger partial charge in [-0.05, 0) is 12.1 Å². The number of carbonyl (C=O) groups is 2. The Morgan fingerprint density at radius 1 is 1.08 bits per heavy atom. The van der Waals surface area contributed by atoms with Gasteiger partial charge in [0.1, 0.15) is 0 Å². The first-order valence-electron chi connectivity index (χ1n) is 8.41. The monoisotopic (exact) mass is 357 g/mol. The summed E-state index contributed by atoms with van der Waals surface area (Å²) in [4.78, 5) is 34.2. The molecule has 2 rings (SSSR count). The molecule has 0 N–H and O–H groups in total. The van der Waals surface area contributed by atoms with Crippen molar-refractivity contribution in [1.29, 1.82) is 0 Å². The van der Waals surface area contributed by atoms with E-state index in [2.05, 4.69) is 0 Å². The van der Waals surface area contributed by atoms with E-state index in [1.165, 1.54) is 25.1 Å². The number of hydrogen-bond acceptors (Lipinski definition) is 5. The Hall–Kier alpha value is -3.02. The van der Waals surface area contributed by atoms with Gasteiger partial charge in [0.2, 0.25) is 0 Å². The van der Waals surface area contributed by atoms with Crippen molar-refractivity contribution in [3.8, 4) is 0 Å². The number of benzene rings is 2. The number of nitro groups is 1. The fourth-order valence-electron chi connectivity index (χ4n) is 2.35. The highest BCUT2D eigenvalue weighted by atomic mass is 16.6. The van der Waals surface area contributed by atoms with Crippen LogP contribution in [0.25, 0.3) is 0 Å². The van der Waals surface area contributed by atoms with Crippen LogP contribution >= 0.6 is 0 Å². The van der Waals surface area contributed by atoms with Crippen LogP contribution < -0.4 is 0 Å². The van der Waals surface area contributed by atoms with E-state index < -0.39 is 16.8 Å². The van der Waals surface area contributed by atoms with Crippen molar-refractivity contribution in [2.45, 2.75) is 33.6 Å². The Labute approximate surface area is 153 Å². The molecule has 1 unspecified atom stereocenters. The van der Waals surface area contributed by atoms with Gasteiger partial charge < -0.3 is 4.74 Å². The summed E-state index contributed by atoms with van der Waals surface area (Å²) in [6.07, 6.45) is 0. The van der Waals surface area contributed by atoms with Crippen LogP contribution in [0.15, 0.2) is 48.5 Å². The smallest absolute Gasteiger partial charge is 0.302 e. The molecule has 26 heavy (non-hydrogen) atoms. The van der Waals surface area contributed by atoms with E-state index in [-0.39, 0.29) is 18.1 Å². The zero-order chi connectivity index (χ0) is 19.7. The van der Waals surface area contributed by atoms with Gasteiger partial charge in [0.25, 0.3) is 5.69 Å². The van der Waals surface area contributed by atoms with E-state index in [0.29, 0.717) is 16.7 Å². The third kappa shape index (κ3) is 5.51. The molecule has 2 aromatic carbocycles. The molecule has 0 spiro atoms. The van der Waals surface area contributed by atoms with Gasteiger partial charge in [0.05, 0.1) is 11.5 Å². The van der Waals surface area contributed by atoms with Gasteiger partial charge in [-0.3, -0.25) is 19.7 Å². The number of rotatable bonds is 6. The van der Waals surface area contributed by atoms with Crippen LogP contribution in [0, 0.1) is 10.1 Å². The maximum atomic E-state index is 12.5. The quantitative estimate of drug-likeness (QED) is 0.328. The minimum Gasteiger partial charge on any atom is -0.465 e. The van der Waals surface area contributed by atoms with Crippen LogP contribution in [-0.2, 0) is 9.53 Å². The lowest BCUT2D eigenvalue weighted by Gasteiger charge is -2.13. The number of nitro benzene ring substituents is 1. The number of ketones is 1. The normalized spacial score (nSPS) is 10.9. The predicted octanol–water partition coefficient (Wildman–Crippen LogP) is 4.52. The van der Waals surface area contributed by atoms with Crippen LogP contribution in [0.5, 0.6) is 0 Å². The van der Waals surface area contributed by atoms with Crippen molar-refractivity contribution < 1.29 is 19.2 Å². The van der Waals surface area contributed by atoms with Crippen molar-refractivity contribution in [2.24, 2.45) is 0 Å². The van der Waals surface area contributed by atoms with Crippen molar-refractivity contribution in [2.75, 3.05) is 6.61 Å². The van der Waals surface area contributed by atoms with E-state index >= 15 is 0 Å². The molecule has 0 fully saturated rings. The van der Waals surface area contributed by atoms with Crippen LogP contribution in [0.2, 0.25) is 0 Å². The average Bonchev–Trinajstić information content (AvgIpc) is 2.67. The highest BCUT2D eigenvalue weighted by molar-refractivity contribution is 6.09. The predicted molar refractivity (Wildman–Crippen MR) is 99.4 cm³/mol. The maximum absolute atomic E-state index is 12.5. The summed E-state index contributed by atoms with van der Waals surface area (Å²) in [5.41, 5.74) is 1.13. The van der Waals surface area contributed by atoms with E-state index in [0.717, 1.165) is 0 Å². The summed E-state index contributed by atoms with van der Waals surface area (Å²) in [5, 5.41) is 11.2. The summed E-state index contributed by atoms with van der Waals surface area (Å²) in [6.45, 7) is 7.00. The Morgan fingerprint density at radius 2 is 1.69 bits per heavy atom. The Kier molecular flexibility index (Phi) is 8.15. The van der Waals surface area contributed by atoms with E-state index in [9.17, 15) is 19.7 Å². The van der Waals surface area contributed by atoms with Crippen LogP contribution in [0.4, 0.5) is 5.69 Å². The highest BCUT2D eigenvalue weighted by Crippen LogP contribution is 2.28. The lowest BCUT2D eigenvalue weighted by molar-refractivity contribution is -0.385. The molecule has 0 bridgehead atoms. The second-order valence-corrected chi connectivity index (χ2v) is 5.43. The van der Waals surface area contributed by atoms with Gasteiger partial charge in [-0.15, -0.1) is 0 Å². The van der Waals surface area contributed by atoms with Gasteiger partial charge in [0.15, 0.2) is 5.78 Å². The van der Waals surface area contributed by atoms with Crippen molar-refractivity contribution in [3.63, 3.8) is 0 Å². The van der Waals surface area contributed by atoms with Crippen molar-refractivity contribution in [3.05, 3.63) is 75.3 Å². The molecule has 2 aromatic rings. The number of hydrogen-bond donors (Lipinski definition) is 0. The topological polar surface area (TPSA) is 86.5 Å². The fourth-order valence-corrected chi connectivity index (χ4v) is 2.35. The third-order valence-corrected chi connectivity index (χ3v) is 3.59. The Bertz CT molecular complexity index is 771. The molecule has 0 aliphatic heterocycles. The second kappa shape index (κ2) is 10.1. The molecule has 0 aromatic heterocycles. The Morgan fingerprint density at radius 3 is 2.23 bits per heavy atom. The number of ether oxygens (including phenoxy) is 1. The fraction of sp³-hybridized carbons (Fsp3) is 0.300. The minimum absolute atomic E-state index is 0.0130.